The monoisotopic (exact) mass is 376 g/mol. The SMILES string of the molecule is CCn1ccnc1N1CCN(C(=O)CCS(=O)(=O)c2ccccc2)CC1. The lowest BCUT2D eigenvalue weighted by atomic mass is 10.3. The number of hydrogen-bond acceptors (Lipinski definition) is 5. The van der Waals surface area contributed by atoms with Crippen molar-refractivity contribution in [1.29, 1.82) is 0 Å². The maximum absolute atomic E-state index is 12.4. The van der Waals surface area contributed by atoms with Gasteiger partial charge in [0.1, 0.15) is 0 Å². The van der Waals surface area contributed by atoms with E-state index in [1.54, 1.807) is 41.4 Å². The third-order valence-electron chi connectivity index (χ3n) is 4.64. The highest BCUT2D eigenvalue weighted by Crippen LogP contribution is 2.16. The van der Waals surface area contributed by atoms with Crippen molar-refractivity contribution in [3.05, 3.63) is 42.7 Å². The summed E-state index contributed by atoms with van der Waals surface area (Å²) in [5, 5.41) is 0. The van der Waals surface area contributed by atoms with Crippen LogP contribution in [0.15, 0.2) is 47.6 Å². The molecule has 1 saturated heterocycles. The van der Waals surface area contributed by atoms with Gasteiger partial charge in [-0.15, -0.1) is 0 Å². The van der Waals surface area contributed by atoms with E-state index >= 15 is 0 Å². The first-order chi connectivity index (χ1) is 12.5. The molecule has 0 bridgehead atoms. The Kier molecular flexibility index (Phi) is 5.61. The third-order valence-corrected chi connectivity index (χ3v) is 6.37. The number of piperazine rings is 1. The molecule has 3 rings (SSSR count). The predicted molar refractivity (Wildman–Crippen MR) is 99.8 cm³/mol. The van der Waals surface area contributed by atoms with E-state index in [1.165, 1.54) is 0 Å². The van der Waals surface area contributed by atoms with Gasteiger partial charge in [-0.2, -0.15) is 0 Å². The lowest BCUT2D eigenvalue weighted by Gasteiger charge is -2.35. The van der Waals surface area contributed by atoms with Crippen LogP contribution in [0, 0.1) is 0 Å². The molecule has 1 fully saturated rings. The number of amides is 1. The minimum Gasteiger partial charge on any atom is -0.339 e. The summed E-state index contributed by atoms with van der Waals surface area (Å²) in [6, 6.07) is 8.28. The van der Waals surface area contributed by atoms with E-state index in [4.69, 9.17) is 0 Å². The molecule has 0 aliphatic carbocycles. The molecule has 1 amide bonds. The molecule has 0 saturated carbocycles. The van der Waals surface area contributed by atoms with E-state index in [-0.39, 0.29) is 23.0 Å². The molecule has 1 aliphatic rings. The average molecular weight is 376 g/mol. The van der Waals surface area contributed by atoms with Gasteiger partial charge in [0.15, 0.2) is 9.84 Å². The lowest BCUT2D eigenvalue weighted by molar-refractivity contribution is -0.131. The van der Waals surface area contributed by atoms with Crippen molar-refractivity contribution in [3.8, 4) is 0 Å². The van der Waals surface area contributed by atoms with Gasteiger partial charge in [-0.1, -0.05) is 18.2 Å². The normalized spacial score (nSPS) is 15.3. The quantitative estimate of drug-likeness (QED) is 0.762. The summed E-state index contributed by atoms with van der Waals surface area (Å²) >= 11 is 0. The van der Waals surface area contributed by atoms with Crippen molar-refractivity contribution in [3.63, 3.8) is 0 Å². The molecule has 1 aromatic heterocycles. The fraction of sp³-hybridized carbons (Fsp3) is 0.444. The van der Waals surface area contributed by atoms with Crippen molar-refractivity contribution in [2.24, 2.45) is 0 Å². The van der Waals surface area contributed by atoms with Crippen molar-refractivity contribution < 1.29 is 13.2 Å². The number of anilines is 1. The maximum atomic E-state index is 12.4. The van der Waals surface area contributed by atoms with Crippen molar-refractivity contribution in [2.45, 2.75) is 24.8 Å². The molecule has 140 valence electrons. The molecule has 8 heteroatoms. The number of carbonyl (C=O) groups excluding carboxylic acids is 1. The second-order valence-corrected chi connectivity index (χ2v) is 8.37. The first-order valence-electron chi connectivity index (χ1n) is 8.83. The number of carbonyl (C=O) groups is 1. The summed E-state index contributed by atoms with van der Waals surface area (Å²) in [5.41, 5.74) is 0. The molecule has 1 aliphatic heterocycles. The van der Waals surface area contributed by atoms with Crippen LogP contribution in [0.1, 0.15) is 13.3 Å². The van der Waals surface area contributed by atoms with Crippen LogP contribution in [-0.4, -0.2) is 60.7 Å². The Labute approximate surface area is 154 Å². The van der Waals surface area contributed by atoms with E-state index in [9.17, 15) is 13.2 Å². The highest BCUT2D eigenvalue weighted by Gasteiger charge is 2.24. The lowest BCUT2D eigenvalue weighted by Crippen LogP contribution is -2.49. The largest absolute Gasteiger partial charge is 0.339 e. The van der Waals surface area contributed by atoms with Gasteiger partial charge < -0.3 is 14.4 Å². The van der Waals surface area contributed by atoms with E-state index in [0.29, 0.717) is 26.2 Å². The molecule has 2 aromatic rings. The highest BCUT2D eigenvalue weighted by atomic mass is 32.2. The number of nitrogens with zero attached hydrogens (tertiary/aromatic N) is 4. The van der Waals surface area contributed by atoms with Gasteiger partial charge in [0, 0.05) is 51.5 Å². The molecule has 1 aromatic carbocycles. The minimum atomic E-state index is -3.42. The van der Waals surface area contributed by atoms with Crippen LogP contribution >= 0.6 is 0 Å². The van der Waals surface area contributed by atoms with Crippen LogP contribution in [0.3, 0.4) is 0 Å². The van der Waals surface area contributed by atoms with E-state index in [2.05, 4.69) is 21.4 Å². The Morgan fingerprint density at radius 2 is 1.81 bits per heavy atom. The zero-order valence-electron chi connectivity index (χ0n) is 14.9. The number of aromatic nitrogens is 2. The number of aryl methyl sites for hydroxylation is 1. The Bertz CT molecular complexity index is 840. The summed E-state index contributed by atoms with van der Waals surface area (Å²) in [6.45, 7) is 5.49. The minimum absolute atomic E-state index is 0.0147. The van der Waals surface area contributed by atoms with Crippen LogP contribution in [0.2, 0.25) is 0 Å². The van der Waals surface area contributed by atoms with Crippen molar-refractivity contribution in [2.75, 3.05) is 36.8 Å². The zero-order valence-corrected chi connectivity index (χ0v) is 15.7. The molecule has 0 unspecified atom stereocenters. The van der Waals surface area contributed by atoms with Gasteiger partial charge in [0.05, 0.1) is 10.6 Å². The number of rotatable bonds is 6. The van der Waals surface area contributed by atoms with Crippen LogP contribution in [0.4, 0.5) is 5.95 Å². The van der Waals surface area contributed by atoms with Crippen LogP contribution in [0.5, 0.6) is 0 Å². The molecule has 0 spiro atoms. The maximum Gasteiger partial charge on any atom is 0.223 e. The second-order valence-electron chi connectivity index (χ2n) is 6.26. The van der Waals surface area contributed by atoms with Crippen LogP contribution in [0.25, 0.3) is 0 Å². The predicted octanol–water partition coefficient (Wildman–Crippen LogP) is 1.42. The molecular weight excluding hydrogens is 352 g/mol. The van der Waals surface area contributed by atoms with Gasteiger partial charge in [0.2, 0.25) is 11.9 Å². The Balaban J connectivity index is 1.53. The van der Waals surface area contributed by atoms with Crippen molar-refractivity contribution >= 4 is 21.7 Å². The molecule has 26 heavy (non-hydrogen) atoms. The molecule has 0 atom stereocenters. The first kappa shape index (κ1) is 18.4. The third kappa shape index (κ3) is 4.07. The molecule has 7 nitrogen and oxygen atoms in total. The smallest absolute Gasteiger partial charge is 0.223 e. The fourth-order valence-corrected chi connectivity index (χ4v) is 4.36. The summed E-state index contributed by atoms with van der Waals surface area (Å²) in [6.07, 6.45) is 3.74. The number of imidazole rings is 1. The van der Waals surface area contributed by atoms with Gasteiger partial charge in [-0.3, -0.25) is 4.79 Å². The standard InChI is InChI=1S/C18H24N4O3S/c1-2-20-10-9-19-18(20)22-13-11-21(12-14-22)17(23)8-15-26(24,25)16-6-4-3-5-7-16/h3-7,9-10H,2,8,11-15H2,1H3. The number of hydrogen-bond donors (Lipinski definition) is 0. The summed E-state index contributed by atoms with van der Waals surface area (Å²) in [7, 11) is -3.42. The fourth-order valence-electron chi connectivity index (χ4n) is 3.11. The summed E-state index contributed by atoms with van der Waals surface area (Å²) in [5.74, 6) is 0.658. The van der Waals surface area contributed by atoms with Gasteiger partial charge in [-0.25, -0.2) is 13.4 Å². The first-order valence-corrected chi connectivity index (χ1v) is 10.5. The van der Waals surface area contributed by atoms with Crippen LogP contribution in [-0.2, 0) is 21.2 Å². The zero-order chi connectivity index (χ0) is 18.6. The summed E-state index contributed by atoms with van der Waals surface area (Å²) < 4.78 is 26.7. The average Bonchev–Trinajstić information content (AvgIpc) is 3.16. The number of benzene rings is 1. The van der Waals surface area contributed by atoms with Gasteiger partial charge in [0.25, 0.3) is 0 Å². The molecule has 2 heterocycles. The van der Waals surface area contributed by atoms with E-state index < -0.39 is 9.84 Å². The topological polar surface area (TPSA) is 75.5 Å². The Morgan fingerprint density at radius 3 is 2.46 bits per heavy atom. The molecule has 0 radical (unpaired) electrons. The number of sulfone groups is 1. The Hall–Kier alpha value is -2.35. The van der Waals surface area contributed by atoms with Gasteiger partial charge >= 0.3 is 0 Å². The van der Waals surface area contributed by atoms with E-state index in [0.717, 1.165) is 12.5 Å². The van der Waals surface area contributed by atoms with Crippen molar-refractivity contribution in [1.82, 2.24) is 14.5 Å². The second kappa shape index (κ2) is 7.90. The van der Waals surface area contributed by atoms with Gasteiger partial charge in [-0.05, 0) is 19.1 Å². The molecule has 0 N–H and O–H groups in total. The highest BCUT2D eigenvalue weighted by molar-refractivity contribution is 7.91. The van der Waals surface area contributed by atoms with Crippen LogP contribution < -0.4 is 4.90 Å². The van der Waals surface area contributed by atoms with E-state index in [1.807, 2.05) is 6.20 Å². The summed E-state index contributed by atoms with van der Waals surface area (Å²) in [4.78, 5) is 21.0. The Morgan fingerprint density at radius 1 is 1.12 bits per heavy atom. The molecular formula is C18H24N4O3S.